The van der Waals surface area contributed by atoms with Gasteiger partial charge in [0.1, 0.15) is 28.6 Å². The summed E-state index contributed by atoms with van der Waals surface area (Å²) in [5.41, 5.74) is 2.93. The first kappa shape index (κ1) is 29.6. The van der Waals surface area contributed by atoms with Crippen molar-refractivity contribution in [2.75, 3.05) is 13.7 Å². The largest absolute Gasteiger partial charge is 0.494 e. The summed E-state index contributed by atoms with van der Waals surface area (Å²) in [5, 5.41) is 3.65. The molecule has 2 aromatic heterocycles. The number of fused-ring (bicyclic) bond motifs is 2. The average Bonchev–Trinajstić information content (AvgIpc) is 3.61. The highest BCUT2D eigenvalue weighted by atomic mass is 79.9. The van der Waals surface area contributed by atoms with Crippen LogP contribution in [-0.4, -0.2) is 35.2 Å². The third-order valence-corrected chi connectivity index (χ3v) is 9.31. The highest BCUT2D eigenvalue weighted by molar-refractivity contribution is 9.10. The fraction of sp³-hybridized carbons (Fsp3) is 0.382. The van der Waals surface area contributed by atoms with Crippen molar-refractivity contribution >= 4 is 32.7 Å². The molecule has 2 unspecified atom stereocenters. The first-order chi connectivity index (χ1) is 20.5. The SMILES string of the molecule is COc1cc(C(=O)NCC(c2cc3c(c(-c4cc(C(C)C)c(F)cc4F)n2)CCC3C)C2(F)CC2)cc2cc(Br)cnc12. The number of hydrogen-bond donors (Lipinski definition) is 1. The highest BCUT2D eigenvalue weighted by Gasteiger charge is 2.52. The standard InChI is InChI=1S/C34H33BrF3N3O2/c1-17(2)23-12-25(28(37)14-27(23)36)32-22-6-5-18(3)24(22)13-29(41-32)26(34(38)7-8-34)16-40-33(42)20-9-19-10-21(35)15-39-31(19)30(11-20)43-4/h9-15,17-18,26H,5-8,16H2,1-4H3,(H,40,42). The van der Waals surface area contributed by atoms with E-state index in [0.717, 1.165) is 33.5 Å². The van der Waals surface area contributed by atoms with Crippen LogP contribution in [0.25, 0.3) is 22.2 Å². The molecule has 1 fully saturated rings. The number of benzene rings is 2. The van der Waals surface area contributed by atoms with Crippen molar-refractivity contribution in [2.45, 2.75) is 69.9 Å². The number of nitrogens with one attached hydrogen (secondary N) is 1. The van der Waals surface area contributed by atoms with Crippen molar-refractivity contribution < 1.29 is 22.7 Å². The first-order valence-electron chi connectivity index (χ1n) is 14.6. The van der Waals surface area contributed by atoms with Crippen LogP contribution in [0.2, 0.25) is 0 Å². The van der Waals surface area contributed by atoms with Gasteiger partial charge in [-0.3, -0.25) is 14.8 Å². The minimum atomic E-state index is -1.53. The lowest BCUT2D eigenvalue weighted by Crippen LogP contribution is -2.33. The fourth-order valence-corrected chi connectivity index (χ4v) is 6.56. The molecule has 0 spiro atoms. The van der Waals surface area contributed by atoms with Gasteiger partial charge >= 0.3 is 0 Å². The molecule has 0 saturated heterocycles. The predicted octanol–water partition coefficient (Wildman–Crippen LogP) is 8.53. The maximum Gasteiger partial charge on any atom is 0.251 e. The van der Waals surface area contributed by atoms with Crippen LogP contribution < -0.4 is 10.1 Å². The number of nitrogens with zero attached hydrogens (tertiary/aromatic N) is 2. The lowest BCUT2D eigenvalue weighted by atomic mass is 9.90. The van der Waals surface area contributed by atoms with Crippen LogP contribution in [0.4, 0.5) is 13.2 Å². The molecule has 2 atom stereocenters. The van der Waals surface area contributed by atoms with Crippen molar-refractivity contribution in [1.29, 1.82) is 0 Å². The lowest BCUT2D eigenvalue weighted by molar-refractivity contribution is 0.0944. The van der Waals surface area contributed by atoms with Crippen LogP contribution in [0.1, 0.15) is 90.5 Å². The van der Waals surface area contributed by atoms with Gasteiger partial charge in [-0.1, -0.05) is 20.8 Å². The number of ether oxygens (including phenoxy) is 1. The van der Waals surface area contributed by atoms with Gasteiger partial charge in [-0.25, -0.2) is 13.2 Å². The van der Waals surface area contributed by atoms with E-state index >= 15 is 8.78 Å². The molecule has 0 radical (unpaired) electrons. The Labute approximate surface area is 257 Å². The average molecular weight is 653 g/mol. The number of carbonyl (C=O) groups is 1. The van der Waals surface area contributed by atoms with Gasteiger partial charge in [0.2, 0.25) is 0 Å². The van der Waals surface area contributed by atoms with Gasteiger partial charge in [-0.15, -0.1) is 0 Å². The second-order valence-electron chi connectivity index (χ2n) is 12.1. The van der Waals surface area contributed by atoms with Crippen LogP contribution in [0.5, 0.6) is 5.75 Å². The Morgan fingerprint density at radius 2 is 1.91 bits per heavy atom. The van der Waals surface area contributed by atoms with E-state index < -0.39 is 23.2 Å². The number of alkyl halides is 1. The predicted molar refractivity (Wildman–Crippen MR) is 165 cm³/mol. The summed E-state index contributed by atoms with van der Waals surface area (Å²) in [7, 11) is 1.52. The Hall–Kier alpha value is -3.46. The molecule has 1 saturated carbocycles. The van der Waals surface area contributed by atoms with E-state index in [1.807, 2.05) is 26.0 Å². The van der Waals surface area contributed by atoms with Gasteiger partial charge < -0.3 is 10.1 Å². The molecule has 1 amide bonds. The molecule has 5 nitrogen and oxygen atoms in total. The van der Waals surface area contributed by atoms with Crippen molar-refractivity contribution in [3.63, 3.8) is 0 Å². The third-order valence-electron chi connectivity index (χ3n) is 8.87. The molecule has 4 aromatic rings. The number of amides is 1. The van der Waals surface area contributed by atoms with E-state index in [9.17, 15) is 9.18 Å². The minimum absolute atomic E-state index is 0.00910. The molecule has 1 N–H and O–H groups in total. The number of rotatable bonds is 8. The highest BCUT2D eigenvalue weighted by Crippen LogP contribution is 2.52. The molecule has 43 heavy (non-hydrogen) atoms. The van der Waals surface area contributed by atoms with Gasteiger partial charge in [0.15, 0.2) is 0 Å². The van der Waals surface area contributed by atoms with E-state index in [1.165, 1.54) is 7.11 Å². The Kier molecular flexibility index (Phi) is 7.73. The zero-order chi connectivity index (χ0) is 30.6. The number of carbonyl (C=O) groups excluding carboxylic acids is 1. The number of pyridine rings is 2. The van der Waals surface area contributed by atoms with E-state index in [1.54, 1.807) is 24.4 Å². The summed E-state index contributed by atoms with van der Waals surface area (Å²) in [5.74, 6) is -1.90. The summed E-state index contributed by atoms with van der Waals surface area (Å²) in [6, 6.07) is 9.59. The van der Waals surface area contributed by atoms with E-state index in [4.69, 9.17) is 9.72 Å². The Balaban J connectivity index is 1.37. The van der Waals surface area contributed by atoms with Crippen molar-refractivity contribution in [3.05, 3.63) is 86.6 Å². The minimum Gasteiger partial charge on any atom is -0.494 e. The molecule has 2 aliphatic rings. The zero-order valence-electron chi connectivity index (χ0n) is 24.5. The molecule has 6 rings (SSSR count). The first-order valence-corrected chi connectivity index (χ1v) is 15.4. The van der Waals surface area contributed by atoms with E-state index in [2.05, 4.69) is 33.2 Å². The molecular formula is C34H33BrF3N3O2. The topological polar surface area (TPSA) is 64.1 Å². The maximum atomic E-state index is 16.0. The zero-order valence-corrected chi connectivity index (χ0v) is 26.1. The number of halogens is 4. The molecule has 0 bridgehead atoms. The molecule has 0 aliphatic heterocycles. The molecule has 2 aliphatic carbocycles. The third kappa shape index (κ3) is 5.52. The Morgan fingerprint density at radius 3 is 2.60 bits per heavy atom. The van der Waals surface area contributed by atoms with Crippen LogP contribution in [-0.2, 0) is 6.42 Å². The van der Waals surface area contributed by atoms with Gasteiger partial charge in [0, 0.05) is 45.5 Å². The smallest absolute Gasteiger partial charge is 0.251 e. The molecule has 9 heteroatoms. The van der Waals surface area contributed by atoms with Crippen LogP contribution in [0.15, 0.2) is 47.1 Å². The summed E-state index contributed by atoms with van der Waals surface area (Å²) in [6.07, 6.45) is 3.94. The van der Waals surface area contributed by atoms with Crippen molar-refractivity contribution in [3.8, 4) is 17.0 Å². The number of aromatic nitrogens is 2. The number of methoxy groups -OCH3 is 1. The summed E-state index contributed by atoms with van der Waals surface area (Å²) < 4.78 is 52.2. The Bertz CT molecular complexity index is 1760. The Morgan fingerprint density at radius 1 is 1.14 bits per heavy atom. The summed E-state index contributed by atoms with van der Waals surface area (Å²) >= 11 is 3.42. The van der Waals surface area contributed by atoms with Gasteiger partial charge in [0.25, 0.3) is 5.91 Å². The normalized spacial score (nSPS) is 17.7. The van der Waals surface area contributed by atoms with Gasteiger partial charge in [0.05, 0.1) is 18.7 Å². The quantitative estimate of drug-likeness (QED) is 0.207. The summed E-state index contributed by atoms with van der Waals surface area (Å²) in [6.45, 7) is 5.82. The lowest BCUT2D eigenvalue weighted by Gasteiger charge is -2.24. The van der Waals surface area contributed by atoms with Crippen molar-refractivity contribution in [2.24, 2.45) is 0 Å². The van der Waals surface area contributed by atoms with Gasteiger partial charge in [-0.2, -0.15) is 0 Å². The second-order valence-corrected chi connectivity index (χ2v) is 13.0. The van der Waals surface area contributed by atoms with Crippen molar-refractivity contribution in [1.82, 2.24) is 15.3 Å². The van der Waals surface area contributed by atoms with Crippen LogP contribution >= 0.6 is 15.9 Å². The van der Waals surface area contributed by atoms with Crippen LogP contribution in [0.3, 0.4) is 0 Å². The number of hydrogen-bond acceptors (Lipinski definition) is 4. The molecule has 2 heterocycles. The molecule has 224 valence electrons. The molecule has 2 aromatic carbocycles. The maximum absolute atomic E-state index is 16.0. The summed E-state index contributed by atoms with van der Waals surface area (Å²) in [4.78, 5) is 22.7. The van der Waals surface area contributed by atoms with E-state index in [-0.39, 0.29) is 29.9 Å². The monoisotopic (exact) mass is 651 g/mol. The second kappa shape index (κ2) is 11.2. The van der Waals surface area contributed by atoms with Gasteiger partial charge in [-0.05, 0) is 100 Å². The molecular weight excluding hydrogens is 619 g/mol. The fourth-order valence-electron chi connectivity index (χ4n) is 6.22. The van der Waals surface area contributed by atoms with E-state index in [0.29, 0.717) is 53.0 Å². The van der Waals surface area contributed by atoms with Crippen LogP contribution in [0, 0.1) is 11.6 Å².